The molecule has 0 unspecified atom stereocenters. The molecule has 3 N–H and O–H groups in total. The zero-order chi connectivity index (χ0) is 26.4. The topological polar surface area (TPSA) is 70.2 Å². The number of hydrogen-bond acceptors (Lipinski definition) is 3. The van der Waals surface area contributed by atoms with E-state index in [2.05, 4.69) is 16.0 Å². The molecule has 188 valence electrons. The van der Waals surface area contributed by atoms with Crippen molar-refractivity contribution in [1.82, 2.24) is 0 Å². The number of amides is 2. The normalized spacial score (nSPS) is 17.9. The first-order chi connectivity index (χ1) is 16.9. The highest BCUT2D eigenvalue weighted by Gasteiger charge is 2.67. The molecule has 1 aliphatic carbocycles. The van der Waals surface area contributed by atoms with Crippen molar-refractivity contribution in [2.24, 2.45) is 5.92 Å². The molecule has 1 aliphatic rings. The quantitative estimate of drug-likeness (QED) is 0.271. The molecule has 2 atom stereocenters. The minimum absolute atomic E-state index is 0.0750. The van der Waals surface area contributed by atoms with Crippen LogP contribution in [0.2, 0.25) is 10.0 Å². The van der Waals surface area contributed by atoms with E-state index < -0.39 is 56.7 Å². The number of benzene rings is 3. The van der Waals surface area contributed by atoms with E-state index in [1.165, 1.54) is 13.1 Å². The summed E-state index contributed by atoms with van der Waals surface area (Å²) in [7, 11) is 1.31. The van der Waals surface area contributed by atoms with E-state index in [1.54, 1.807) is 18.2 Å². The lowest BCUT2D eigenvalue weighted by atomic mass is 10.1. The third-order valence-electron chi connectivity index (χ3n) is 5.71. The molecule has 0 aliphatic heterocycles. The number of carbonyl (C=O) groups is 2. The van der Waals surface area contributed by atoms with E-state index in [1.807, 2.05) is 0 Å². The molecule has 4 rings (SSSR count). The zero-order valence-electron chi connectivity index (χ0n) is 18.2. The summed E-state index contributed by atoms with van der Waals surface area (Å²) in [6.45, 7) is 0. The van der Waals surface area contributed by atoms with Crippen LogP contribution in [0.4, 0.5) is 30.2 Å². The van der Waals surface area contributed by atoms with Gasteiger partial charge in [0.05, 0.1) is 27.2 Å². The van der Waals surface area contributed by atoms with Gasteiger partial charge in [-0.25, -0.2) is 13.2 Å². The third-order valence-corrected chi connectivity index (χ3v) is 7.39. The summed E-state index contributed by atoms with van der Waals surface area (Å²) in [5.74, 6) is -5.88. The Kier molecular flexibility index (Phi) is 7.35. The van der Waals surface area contributed by atoms with E-state index in [0.717, 1.165) is 24.3 Å². The van der Waals surface area contributed by atoms with E-state index in [9.17, 15) is 22.8 Å². The minimum atomic E-state index is -1.42. The van der Waals surface area contributed by atoms with Crippen molar-refractivity contribution in [1.29, 1.82) is 0 Å². The van der Waals surface area contributed by atoms with Gasteiger partial charge < -0.3 is 16.0 Å². The summed E-state index contributed by atoms with van der Waals surface area (Å²) in [5, 5.41) is 7.71. The van der Waals surface area contributed by atoms with Gasteiger partial charge in [0.1, 0.15) is 21.7 Å². The molecule has 0 radical (unpaired) electrons. The van der Waals surface area contributed by atoms with Gasteiger partial charge in [0, 0.05) is 18.7 Å². The minimum Gasteiger partial charge on any atom is -0.383 e. The second-order valence-electron chi connectivity index (χ2n) is 7.98. The summed E-state index contributed by atoms with van der Waals surface area (Å²) in [4.78, 5) is 25.6. The number of halogens is 7. The smallest absolute Gasteiger partial charge is 0.258 e. The van der Waals surface area contributed by atoms with Crippen LogP contribution in [0.15, 0.2) is 48.5 Å². The third kappa shape index (κ3) is 4.95. The number of nitrogens with one attached hydrogen (secondary N) is 3. The van der Waals surface area contributed by atoms with Crippen molar-refractivity contribution >= 4 is 75.3 Å². The highest BCUT2D eigenvalue weighted by Crippen LogP contribution is 2.65. The van der Waals surface area contributed by atoms with Crippen LogP contribution in [0, 0.1) is 23.4 Å². The van der Waals surface area contributed by atoms with Gasteiger partial charge in [0.15, 0.2) is 5.82 Å². The molecule has 5 nitrogen and oxygen atoms in total. The Bertz CT molecular complexity index is 1390. The average molecular weight is 577 g/mol. The molecule has 36 heavy (non-hydrogen) atoms. The molecule has 0 heterocycles. The number of rotatable bonds is 6. The van der Waals surface area contributed by atoms with Gasteiger partial charge in [0.25, 0.3) is 5.91 Å². The Labute approximate surface area is 223 Å². The van der Waals surface area contributed by atoms with Crippen molar-refractivity contribution in [2.45, 2.75) is 10.3 Å². The maximum Gasteiger partial charge on any atom is 0.258 e. The van der Waals surface area contributed by atoms with Crippen molar-refractivity contribution in [3.8, 4) is 0 Å². The van der Waals surface area contributed by atoms with Gasteiger partial charge in [-0.05, 0) is 48.0 Å². The summed E-state index contributed by atoms with van der Waals surface area (Å²) >= 11 is 24.7. The highest BCUT2D eigenvalue weighted by molar-refractivity contribution is 6.53. The Morgan fingerprint density at radius 3 is 2.25 bits per heavy atom. The van der Waals surface area contributed by atoms with Crippen LogP contribution >= 0.6 is 46.4 Å². The maximum atomic E-state index is 14.4. The molecule has 1 fully saturated rings. The van der Waals surface area contributed by atoms with Crippen molar-refractivity contribution in [3.63, 3.8) is 0 Å². The van der Waals surface area contributed by atoms with E-state index in [-0.39, 0.29) is 16.4 Å². The Balaban J connectivity index is 1.52. The molecule has 0 aromatic heterocycles. The van der Waals surface area contributed by atoms with Gasteiger partial charge >= 0.3 is 0 Å². The van der Waals surface area contributed by atoms with Gasteiger partial charge in [-0.2, -0.15) is 0 Å². The average Bonchev–Trinajstić information content (AvgIpc) is 3.41. The zero-order valence-corrected chi connectivity index (χ0v) is 21.3. The van der Waals surface area contributed by atoms with Crippen LogP contribution in [0.25, 0.3) is 0 Å². The SMILES string of the molecule is CNc1c(F)ccc(NC(=O)c2cc(NC(=O)[C@H]3[C@H](c4ccc(Cl)c(Cl)c4)C3(Cl)Cl)ccc2F)c1F. The standard InChI is InChI=1S/C24H16Cl4F3N3O2/c1-32-21-16(30)6-7-17(20(21)31)34-22(35)12-9-11(3-5-15(12)29)33-23(36)19-18(24(19,27)28)10-2-4-13(25)14(26)8-10/h2-9,18-19,32H,1H3,(H,33,36)(H,34,35)/t18-,19+/m0/s1. The number of carbonyl (C=O) groups excluding carboxylic acids is 2. The van der Waals surface area contributed by atoms with E-state index >= 15 is 0 Å². The summed E-state index contributed by atoms with van der Waals surface area (Å²) in [6, 6.07) is 10.0. The molecule has 2 amide bonds. The first-order valence-corrected chi connectivity index (χ1v) is 11.9. The highest BCUT2D eigenvalue weighted by atomic mass is 35.5. The van der Waals surface area contributed by atoms with Crippen molar-refractivity contribution in [2.75, 3.05) is 23.0 Å². The second-order valence-corrected chi connectivity index (χ2v) is 10.2. The molecular weight excluding hydrogens is 561 g/mol. The Morgan fingerprint density at radius 2 is 1.58 bits per heavy atom. The van der Waals surface area contributed by atoms with Crippen molar-refractivity contribution in [3.05, 3.63) is 87.2 Å². The lowest BCUT2D eigenvalue weighted by Gasteiger charge is -2.12. The Hall–Kier alpha value is -2.65. The van der Waals surface area contributed by atoms with Crippen LogP contribution in [0.1, 0.15) is 21.8 Å². The number of hydrogen-bond donors (Lipinski definition) is 3. The van der Waals surface area contributed by atoms with Gasteiger partial charge in [-0.15, -0.1) is 23.2 Å². The molecule has 3 aromatic carbocycles. The molecule has 0 spiro atoms. The first kappa shape index (κ1) is 26.4. The van der Waals surface area contributed by atoms with Gasteiger partial charge in [-0.3, -0.25) is 9.59 Å². The van der Waals surface area contributed by atoms with Crippen LogP contribution in [0.5, 0.6) is 0 Å². The Morgan fingerprint density at radius 1 is 0.889 bits per heavy atom. The van der Waals surface area contributed by atoms with Crippen LogP contribution in [-0.2, 0) is 4.79 Å². The van der Waals surface area contributed by atoms with E-state index in [0.29, 0.717) is 10.6 Å². The van der Waals surface area contributed by atoms with E-state index in [4.69, 9.17) is 46.4 Å². The molecule has 12 heteroatoms. The van der Waals surface area contributed by atoms with Crippen molar-refractivity contribution < 1.29 is 22.8 Å². The second kappa shape index (κ2) is 10.0. The maximum absolute atomic E-state index is 14.4. The molecule has 3 aromatic rings. The van der Waals surface area contributed by atoms with Crippen LogP contribution in [0.3, 0.4) is 0 Å². The summed E-state index contributed by atoms with van der Waals surface area (Å²) < 4.78 is 41.1. The van der Waals surface area contributed by atoms with Gasteiger partial charge in [-0.1, -0.05) is 29.3 Å². The monoisotopic (exact) mass is 575 g/mol. The molecular formula is C24H16Cl4F3N3O2. The fourth-order valence-corrected chi connectivity index (χ4v) is 4.97. The first-order valence-electron chi connectivity index (χ1n) is 10.4. The summed E-state index contributed by atoms with van der Waals surface area (Å²) in [6.07, 6.45) is 0. The lowest BCUT2D eigenvalue weighted by molar-refractivity contribution is -0.117. The molecule has 0 bridgehead atoms. The molecule has 1 saturated carbocycles. The fraction of sp³-hybridized carbons (Fsp3) is 0.167. The predicted octanol–water partition coefficient (Wildman–Crippen LogP) is 7.23. The van der Waals surface area contributed by atoms with Crippen LogP contribution < -0.4 is 16.0 Å². The molecule has 0 saturated heterocycles. The number of alkyl halides is 2. The predicted molar refractivity (Wildman–Crippen MR) is 136 cm³/mol. The summed E-state index contributed by atoms with van der Waals surface area (Å²) in [5.41, 5.74) is -0.624. The van der Waals surface area contributed by atoms with Crippen LogP contribution in [-0.4, -0.2) is 23.2 Å². The largest absolute Gasteiger partial charge is 0.383 e. The fourth-order valence-electron chi connectivity index (χ4n) is 3.84. The lowest BCUT2D eigenvalue weighted by Crippen LogP contribution is -2.19. The van der Waals surface area contributed by atoms with Gasteiger partial charge in [0.2, 0.25) is 5.91 Å². The number of anilines is 3.